The zero-order chi connectivity index (χ0) is 21.8. The van der Waals surface area contributed by atoms with Crippen molar-refractivity contribution in [2.45, 2.75) is 30.8 Å². The van der Waals surface area contributed by atoms with Gasteiger partial charge in [-0.2, -0.15) is 0 Å². The highest BCUT2D eigenvalue weighted by Gasteiger charge is 2.25. The number of thioether (sulfide) groups is 1. The van der Waals surface area contributed by atoms with Crippen molar-refractivity contribution in [3.8, 4) is 0 Å². The number of halogens is 2. The Labute approximate surface area is 185 Å². The van der Waals surface area contributed by atoms with Crippen LogP contribution < -0.4 is 4.90 Å². The van der Waals surface area contributed by atoms with Crippen molar-refractivity contribution in [1.82, 2.24) is 14.8 Å². The highest BCUT2D eigenvalue weighted by Crippen LogP contribution is 2.41. The molecular formula is C23H26F2N4OS. The molecule has 164 valence electrons. The minimum Gasteiger partial charge on any atom is -0.378 e. The molecule has 0 saturated carbocycles. The molecule has 0 radical (unpaired) electrons. The van der Waals surface area contributed by atoms with Crippen LogP contribution in [-0.4, -0.2) is 41.1 Å². The SMILES string of the molecule is CC(C)Cn1c(SC(c2ccc(F)cc2)c2ccc(F)cc2)nnc1N1CCOCC1. The maximum atomic E-state index is 13.6. The average molecular weight is 445 g/mol. The van der Waals surface area contributed by atoms with E-state index in [1.807, 2.05) is 0 Å². The lowest BCUT2D eigenvalue weighted by molar-refractivity contribution is 0.121. The summed E-state index contributed by atoms with van der Waals surface area (Å²) in [7, 11) is 0. The molecule has 1 aromatic heterocycles. The molecule has 1 aliphatic rings. The van der Waals surface area contributed by atoms with Crippen LogP contribution >= 0.6 is 11.8 Å². The van der Waals surface area contributed by atoms with Gasteiger partial charge >= 0.3 is 0 Å². The number of hydrogen-bond donors (Lipinski definition) is 0. The standard InChI is InChI=1S/C23H26F2N4OS/c1-16(2)15-29-22(28-11-13-30-14-12-28)26-27-23(29)31-21(17-3-7-19(24)8-4-17)18-5-9-20(25)10-6-18/h3-10,16,21H,11-15H2,1-2H3. The van der Waals surface area contributed by atoms with Gasteiger partial charge in [0, 0.05) is 19.6 Å². The molecule has 0 atom stereocenters. The van der Waals surface area contributed by atoms with E-state index in [0.717, 1.165) is 41.9 Å². The normalized spacial score (nSPS) is 14.6. The summed E-state index contributed by atoms with van der Waals surface area (Å²) in [5, 5.41) is 9.63. The smallest absolute Gasteiger partial charge is 0.228 e. The summed E-state index contributed by atoms with van der Waals surface area (Å²) in [5.41, 5.74) is 1.84. The first-order valence-corrected chi connectivity index (χ1v) is 11.3. The van der Waals surface area contributed by atoms with E-state index >= 15 is 0 Å². The van der Waals surface area contributed by atoms with Gasteiger partial charge < -0.3 is 9.64 Å². The second-order valence-corrected chi connectivity index (χ2v) is 9.06. The van der Waals surface area contributed by atoms with Crippen molar-refractivity contribution in [1.29, 1.82) is 0 Å². The Morgan fingerprint density at radius 2 is 1.45 bits per heavy atom. The minimum absolute atomic E-state index is 0.172. The zero-order valence-corrected chi connectivity index (χ0v) is 18.5. The second-order valence-electron chi connectivity index (χ2n) is 7.99. The maximum absolute atomic E-state index is 13.6. The van der Waals surface area contributed by atoms with Crippen LogP contribution in [0, 0.1) is 17.6 Å². The lowest BCUT2D eigenvalue weighted by Crippen LogP contribution is -2.38. The van der Waals surface area contributed by atoms with Gasteiger partial charge in [-0.15, -0.1) is 10.2 Å². The molecule has 0 N–H and O–H groups in total. The van der Waals surface area contributed by atoms with Crippen LogP contribution in [-0.2, 0) is 11.3 Å². The van der Waals surface area contributed by atoms with Crippen LogP contribution in [0.1, 0.15) is 30.2 Å². The second kappa shape index (κ2) is 9.78. The van der Waals surface area contributed by atoms with E-state index in [0.29, 0.717) is 19.1 Å². The van der Waals surface area contributed by atoms with Crippen LogP contribution in [0.5, 0.6) is 0 Å². The molecule has 0 unspecified atom stereocenters. The van der Waals surface area contributed by atoms with Gasteiger partial charge in [0.1, 0.15) is 11.6 Å². The molecule has 2 aromatic carbocycles. The molecular weight excluding hydrogens is 418 g/mol. The summed E-state index contributed by atoms with van der Waals surface area (Å²) in [6, 6.07) is 12.9. The first-order valence-electron chi connectivity index (χ1n) is 10.4. The van der Waals surface area contributed by atoms with Crippen molar-refractivity contribution in [3.63, 3.8) is 0 Å². The Balaban J connectivity index is 1.71. The summed E-state index contributed by atoms with van der Waals surface area (Å²) < 4.78 is 34.7. The van der Waals surface area contributed by atoms with Crippen molar-refractivity contribution < 1.29 is 13.5 Å². The molecule has 0 amide bonds. The van der Waals surface area contributed by atoms with E-state index in [1.54, 1.807) is 36.0 Å². The number of hydrogen-bond acceptors (Lipinski definition) is 5. The first-order chi connectivity index (χ1) is 15.0. The van der Waals surface area contributed by atoms with Gasteiger partial charge in [-0.3, -0.25) is 4.57 Å². The van der Waals surface area contributed by atoms with Gasteiger partial charge in [-0.25, -0.2) is 8.78 Å². The van der Waals surface area contributed by atoms with E-state index in [2.05, 4.69) is 33.5 Å². The number of rotatable bonds is 7. The number of nitrogens with zero attached hydrogens (tertiary/aromatic N) is 4. The molecule has 4 rings (SSSR count). The van der Waals surface area contributed by atoms with Gasteiger partial charge in [0.05, 0.1) is 18.5 Å². The molecule has 2 heterocycles. The van der Waals surface area contributed by atoms with Gasteiger partial charge in [0.15, 0.2) is 5.16 Å². The Morgan fingerprint density at radius 3 is 1.97 bits per heavy atom. The molecule has 0 aliphatic carbocycles. The number of benzene rings is 2. The van der Waals surface area contributed by atoms with E-state index < -0.39 is 0 Å². The summed E-state index contributed by atoms with van der Waals surface area (Å²) >= 11 is 1.55. The number of ether oxygens (including phenoxy) is 1. The molecule has 0 spiro atoms. The van der Waals surface area contributed by atoms with E-state index in [9.17, 15) is 8.78 Å². The van der Waals surface area contributed by atoms with Gasteiger partial charge in [0.25, 0.3) is 0 Å². The lowest BCUT2D eigenvalue weighted by atomic mass is 10.0. The predicted molar refractivity (Wildman–Crippen MR) is 118 cm³/mol. The minimum atomic E-state index is -0.288. The molecule has 5 nitrogen and oxygen atoms in total. The van der Waals surface area contributed by atoms with Crippen LogP contribution in [0.3, 0.4) is 0 Å². The van der Waals surface area contributed by atoms with Crippen LogP contribution in [0.2, 0.25) is 0 Å². The fourth-order valence-electron chi connectivity index (χ4n) is 3.60. The van der Waals surface area contributed by atoms with E-state index in [-0.39, 0.29) is 16.9 Å². The van der Waals surface area contributed by atoms with Gasteiger partial charge in [-0.1, -0.05) is 49.9 Å². The summed E-state index contributed by atoms with van der Waals surface area (Å²) in [6.45, 7) is 8.00. The van der Waals surface area contributed by atoms with Crippen molar-refractivity contribution >= 4 is 17.7 Å². The Kier molecular flexibility index (Phi) is 6.87. The molecule has 1 saturated heterocycles. The van der Waals surface area contributed by atoms with Crippen LogP contribution in [0.15, 0.2) is 53.7 Å². The van der Waals surface area contributed by atoms with Gasteiger partial charge in [0.2, 0.25) is 5.95 Å². The fraction of sp³-hybridized carbons (Fsp3) is 0.391. The lowest BCUT2D eigenvalue weighted by Gasteiger charge is -2.28. The average Bonchev–Trinajstić information content (AvgIpc) is 3.15. The largest absolute Gasteiger partial charge is 0.378 e. The quantitative estimate of drug-likeness (QED) is 0.484. The topological polar surface area (TPSA) is 43.2 Å². The highest BCUT2D eigenvalue weighted by atomic mass is 32.2. The number of morpholine rings is 1. The van der Waals surface area contributed by atoms with E-state index in [4.69, 9.17) is 4.74 Å². The molecule has 1 aliphatic heterocycles. The summed E-state index contributed by atoms with van der Waals surface area (Å²) in [5.74, 6) is 0.676. The van der Waals surface area contributed by atoms with Crippen molar-refractivity contribution in [2.75, 3.05) is 31.2 Å². The summed E-state index contributed by atoms with van der Waals surface area (Å²) in [4.78, 5) is 2.20. The third kappa shape index (κ3) is 5.25. The van der Waals surface area contributed by atoms with Crippen LogP contribution in [0.25, 0.3) is 0 Å². The Hall–Kier alpha value is -2.45. The molecule has 8 heteroatoms. The first kappa shape index (κ1) is 21.8. The monoisotopic (exact) mass is 444 g/mol. The van der Waals surface area contributed by atoms with E-state index in [1.165, 1.54) is 24.3 Å². The number of anilines is 1. The molecule has 0 bridgehead atoms. The summed E-state index contributed by atoms with van der Waals surface area (Å²) in [6.07, 6.45) is 0. The Morgan fingerprint density at radius 1 is 0.903 bits per heavy atom. The highest BCUT2D eigenvalue weighted by molar-refractivity contribution is 7.99. The number of aromatic nitrogens is 3. The Bertz CT molecular complexity index is 940. The third-order valence-corrected chi connectivity index (χ3v) is 6.40. The van der Waals surface area contributed by atoms with Crippen LogP contribution in [0.4, 0.5) is 14.7 Å². The maximum Gasteiger partial charge on any atom is 0.228 e. The zero-order valence-electron chi connectivity index (χ0n) is 17.7. The fourth-order valence-corrected chi connectivity index (χ4v) is 4.77. The van der Waals surface area contributed by atoms with Crippen molar-refractivity contribution in [3.05, 3.63) is 71.3 Å². The van der Waals surface area contributed by atoms with Gasteiger partial charge in [-0.05, 0) is 41.3 Å². The molecule has 1 fully saturated rings. The predicted octanol–water partition coefficient (Wildman–Crippen LogP) is 4.93. The van der Waals surface area contributed by atoms with Crippen molar-refractivity contribution in [2.24, 2.45) is 5.92 Å². The third-order valence-electron chi connectivity index (χ3n) is 5.11. The molecule has 31 heavy (non-hydrogen) atoms. The molecule has 3 aromatic rings.